The third-order valence-corrected chi connectivity index (χ3v) is 1.29. The number of Topliss-reactive ketones (excluding diaryl/α,β-unsaturated/α-hetero) is 1. The van der Waals surface area contributed by atoms with Crippen LogP contribution in [0.4, 0.5) is 10.1 Å². The number of rotatable bonds is 1. The van der Waals surface area contributed by atoms with Crippen LogP contribution in [0, 0.1) is 5.95 Å². The first-order chi connectivity index (χ1) is 5.13. The highest BCUT2D eigenvalue weighted by Gasteiger charge is 2.10. The van der Waals surface area contributed by atoms with E-state index in [0.29, 0.717) is 0 Å². The van der Waals surface area contributed by atoms with E-state index < -0.39 is 11.7 Å². The number of hydrogen-bond donors (Lipinski definition) is 1. The molecular formula is C7H7FN2O. The van der Waals surface area contributed by atoms with Gasteiger partial charge in [0.2, 0.25) is 5.95 Å². The highest BCUT2D eigenvalue weighted by Crippen LogP contribution is 2.12. The molecule has 0 saturated heterocycles. The van der Waals surface area contributed by atoms with Gasteiger partial charge >= 0.3 is 0 Å². The number of pyridine rings is 1. The molecule has 0 radical (unpaired) electrons. The Morgan fingerprint density at radius 2 is 2.36 bits per heavy atom. The number of hydrogen-bond acceptors (Lipinski definition) is 3. The van der Waals surface area contributed by atoms with Crippen molar-refractivity contribution in [2.45, 2.75) is 6.92 Å². The Bertz CT molecular complexity index is 278. The molecule has 1 aromatic rings. The van der Waals surface area contributed by atoms with Crippen LogP contribution in [-0.2, 0) is 0 Å². The van der Waals surface area contributed by atoms with E-state index in [1.807, 2.05) is 0 Å². The van der Waals surface area contributed by atoms with Crippen molar-refractivity contribution < 1.29 is 9.18 Å². The molecule has 1 rings (SSSR count). The number of carbonyl (C=O) groups excluding carboxylic acids is 1. The van der Waals surface area contributed by atoms with E-state index in [4.69, 9.17) is 5.73 Å². The first-order valence-electron chi connectivity index (χ1n) is 3.04. The van der Waals surface area contributed by atoms with Gasteiger partial charge in [-0.15, -0.1) is 0 Å². The van der Waals surface area contributed by atoms with Gasteiger partial charge in [0.05, 0.1) is 5.56 Å². The molecule has 11 heavy (non-hydrogen) atoms. The van der Waals surface area contributed by atoms with Crippen LogP contribution in [0.2, 0.25) is 0 Å². The minimum Gasteiger partial charge on any atom is -0.398 e. The van der Waals surface area contributed by atoms with Gasteiger partial charge < -0.3 is 5.73 Å². The van der Waals surface area contributed by atoms with Crippen LogP contribution < -0.4 is 5.73 Å². The lowest BCUT2D eigenvalue weighted by Gasteiger charge is -1.99. The first kappa shape index (κ1) is 7.65. The minimum atomic E-state index is -0.808. The van der Waals surface area contributed by atoms with Crippen molar-refractivity contribution in [2.24, 2.45) is 0 Å². The molecule has 1 heterocycles. The van der Waals surface area contributed by atoms with Gasteiger partial charge in [0.15, 0.2) is 5.78 Å². The molecule has 0 unspecified atom stereocenters. The smallest absolute Gasteiger partial charge is 0.225 e. The van der Waals surface area contributed by atoms with Crippen LogP contribution in [0.1, 0.15) is 17.3 Å². The molecule has 2 N–H and O–H groups in total. The second-order valence-corrected chi connectivity index (χ2v) is 2.12. The number of nitrogens with two attached hydrogens (primary N) is 1. The average molecular weight is 154 g/mol. The van der Waals surface area contributed by atoms with Crippen LogP contribution >= 0.6 is 0 Å². The van der Waals surface area contributed by atoms with Gasteiger partial charge in [0.25, 0.3) is 0 Å². The fourth-order valence-corrected chi connectivity index (χ4v) is 0.799. The third-order valence-electron chi connectivity index (χ3n) is 1.29. The van der Waals surface area contributed by atoms with Crippen molar-refractivity contribution >= 4 is 11.5 Å². The molecule has 0 saturated carbocycles. The monoisotopic (exact) mass is 154 g/mol. The van der Waals surface area contributed by atoms with Gasteiger partial charge in [-0.25, -0.2) is 4.98 Å². The van der Waals surface area contributed by atoms with E-state index in [-0.39, 0.29) is 11.3 Å². The van der Waals surface area contributed by atoms with E-state index in [1.54, 1.807) is 0 Å². The van der Waals surface area contributed by atoms with E-state index in [1.165, 1.54) is 19.2 Å². The Morgan fingerprint density at radius 3 is 2.73 bits per heavy atom. The van der Waals surface area contributed by atoms with Gasteiger partial charge in [0.1, 0.15) is 0 Å². The van der Waals surface area contributed by atoms with Crippen molar-refractivity contribution in [3.8, 4) is 0 Å². The minimum absolute atomic E-state index is 0.130. The van der Waals surface area contributed by atoms with Gasteiger partial charge in [-0.1, -0.05) is 0 Å². The zero-order chi connectivity index (χ0) is 8.43. The third kappa shape index (κ3) is 1.34. The molecule has 0 atom stereocenters. The maximum Gasteiger partial charge on any atom is 0.225 e. The zero-order valence-corrected chi connectivity index (χ0v) is 5.97. The Labute approximate surface area is 63.0 Å². The largest absolute Gasteiger partial charge is 0.398 e. The summed E-state index contributed by atoms with van der Waals surface area (Å²) in [6.07, 6.45) is 1.22. The van der Waals surface area contributed by atoms with Crippen molar-refractivity contribution in [1.82, 2.24) is 4.98 Å². The standard InChI is InChI=1S/C7H7FN2O/c1-4(11)6-5(9)2-3-10-7(6)8/h2-3H,1H3,(H2,9,10). The molecule has 3 nitrogen and oxygen atoms in total. The first-order valence-corrected chi connectivity index (χ1v) is 3.04. The predicted octanol–water partition coefficient (Wildman–Crippen LogP) is 1.01. The van der Waals surface area contributed by atoms with Crippen LogP contribution in [0.15, 0.2) is 12.3 Å². The lowest BCUT2D eigenvalue weighted by atomic mass is 10.2. The second-order valence-electron chi connectivity index (χ2n) is 2.12. The Kier molecular flexibility index (Phi) is 1.85. The average Bonchev–Trinajstić information content (AvgIpc) is 1.85. The number of anilines is 1. The summed E-state index contributed by atoms with van der Waals surface area (Å²) in [5.41, 5.74) is 5.32. The molecule has 4 heteroatoms. The van der Waals surface area contributed by atoms with E-state index in [0.717, 1.165) is 0 Å². The summed E-state index contributed by atoms with van der Waals surface area (Å²) >= 11 is 0. The highest BCUT2D eigenvalue weighted by molar-refractivity contribution is 5.98. The fourth-order valence-electron chi connectivity index (χ4n) is 0.799. The molecular weight excluding hydrogens is 147 g/mol. The molecule has 0 aliphatic carbocycles. The maximum atomic E-state index is 12.7. The topological polar surface area (TPSA) is 56.0 Å². The van der Waals surface area contributed by atoms with E-state index >= 15 is 0 Å². The van der Waals surface area contributed by atoms with Crippen LogP contribution in [0.5, 0.6) is 0 Å². The van der Waals surface area contributed by atoms with Crippen molar-refractivity contribution in [2.75, 3.05) is 5.73 Å². The van der Waals surface area contributed by atoms with Gasteiger partial charge in [-0.05, 0) is 13.0 Å². The highest BCUT2D eigenvalue weighted by atomic mass is 19.1. The predicted molar refractivity (Wildman–Crippen MR) is 38.6 cm³/mol. The van der Waals surface area contributed by atoms with E-state index in [2.05, 4.69) is 4.98 Å². The molecule has 0 aliphatic rings. The normalized spacial score (nSPS) is 9.64. The van der Waals surface area contributed by atoms with Crippen molar-refractivity contribution in [3.63, 3.8) is 0 Å². The summed E-state index contributed by atoms with van der Waals surface area (Å²) in [5.74, 6) is -1.22. The number of halogens is 1. The van der Waals surface area contributed by atoms with Crippen LogP contribution in [0.25, 0.3) is 0 Å². The maximum absolute atomic E-state index is 12.7. The molecule has 1 aromatic heterocycles. The summed E-state index contributed by atoms with van der Waals surface area (Å²) in [5, 5.41) is 0. The van der Waals surface area contributed by atoms with Crippen molar-refractivity contribution in [3.05, 3.63) is 23.8 Å². The molecule has 0 aromatic carbocycles. The summed E-state index contributed by atoms with van der Waals surface area (Å²) < 4.78 is 12.7. The summed E-state index contributed by atoms with van der Waals surface area (Å²) in [6, 6.07) is 1.39. The van der Waals surface area contributed by atoms with E-state index in [9.17, 15) is 9.18 Å². The lowest BCUT2D eigenvalue weighted by Crippen LogP contribution is -2.04. The van der Waals surface area contributed by atoms with Crippen LogP contribution in [-0.4, -0.2) is 10.8 Å². The molecule has 0 bridgehead atoms. The summed E-state index contributed by atoms with van der Waals surface area (Å²) in [7, 11) is 0. The number of nitrogens with zero attached hydrogens (tertiary/aromatic N) is 1. The number of aromatic nitrogens is 1. The molecule has 0 spiro atoms. The summed E-state index contributed by atoms with van der Waals surface area (Å²) in [6.45, 7) is 1.25. The number of nitrogen functional groups attached to an aromatic ring is 1. The lowest BCUT2D eigenvalue weighted by molar-refractivity contribution is 0.101. The number of carbonyl (C=O) groups is 1. The van der Waals surface area contributed by atoms with Gasteiger partial charge in [-0.2, -0.15) is 4.39 Å². The van der Waals surface area contributed by atoms with Gasteiger partial charge in [-0.3, -0.25) is 4.79 Å². The molecule has 0 amide bonds. The molecule has 0 aliphatic heterocycles. The summed E-state index contributed by atoms with van der Waals surface area (Å²) in [4.78, 5) is 14.0. The quantitative estimate of drug-likeness (QED) is 0.485. The molecule has 58 valence electrons. The Hall–Kier alpha value is -1.45. The SMILES string of the molecule is CC(=O)c1c(N)ccnc1F. The fraction of sp³-hybridized carbons (Fsp3) is 0.143. The number of ketones is 1. The molecule has 0 fully saturated rings. The zero-order valence-electron chi connectivity index (χ0n) is 5.97. The Balaban J connectivity index is 3.32. The Morgan fingerprint density at radius 1 is 1.73 bits per heavy atom. The van der Waals surface area contributed by atoms with Crippen molar-refractivity contribution in [1.29, 1.82) is 0 Å². The van der Waals surface area contributed by atoms with Gasteiger partial charge in [0, 0.05) is 11.9 Å². The second kappa shape index (κ2) is 2.65. The van der Waals surface area contributed by atoms with Crippen LogP contribution in [0.3, 0.4) is 0 Å².